The molecule has 0 saturated heterocycles. The van der Waals surface area contributed by atoms with Crippen molar-refractivity contribution in [2.45, 2.75) is 0 Å². The van der Waals surface area contributed by atoms with Crippen molar-refractivity contribution in [1.29, 1.82) is 0 Å². The maximum atomic E-state index is 13.9. The molecule has 2 heterocycles. The number of ketones is 1. The lowest BCUT2D eigenvalue weighted by Gasteiger charge is -2.11. The molecule has 4 rings (SSSR count). The van der Waals surface area contributed by atoms with E-state index in [1.54, 1.807) is 30.3 Å². The molecule has 0 unspecified atom stereocenters. The minimum atomic E-state index is -0.893. The van der Waals surface area contributed by atoms with Crippen LogP contribution < -0.4 is 18.9 Å². The van der Waals surface area contributed by atoms with Gasteiger partial charge in [-0.15, -0.1) is 0 Å². The monoisotopic (exact) mass is 534 g/mol. The van der Waals surface area contributed by atoms with Gasteiger partial charge in [0.1, 0.15) is 23.1 Å². The number of ether oxygens (including phenoxy) is 6. The van der Waals surface area contributed by atoms with Crippen molar-refractivity contribution in [2.75, 3.05) is 42.7 Å². The summed E-state index contributed by atoms with van der Waals surface area (Å²) in [6, 6.07) is 11.3. The highest BCUT2D eigenvalue weighted by Crippen LogP contribution is 2.35. The van der Waals surface area contributed by atoms with Gasteiger partial charge in [0.25, 0.3) is 0 Å². The third-order valence-electron chi connectivity index (χ3n) is 6.15. The second-order valence-corrected chi connectivity index (χ2v) is 8.08. The first kappa shape index (κ1) is 27.0. The summed E-state index contributed by atoms with van der Waals surface area (Å²) >= 11 is 0. The Hall–Kier alpha value is -5.06. The molecule has 0 atom stereocenters. The summed E-state index contributed by atoms with van der Waals surface area (Å²) in [7, 11) is 8.28. The molecule has 0 spiro atoms. The zero-order valence-corrected chi connectivity index (χ0v) is 22.2. The number of aromatic nitrogens is 2. The van der Waals surface area contributed by atoms with E-state index in [1.165, 1.54) is 58.4 Å². The van der Waals surface area contributed by atoms with Gasteiger partial charge in [-0.3, -0.25) is 9.20 Å². The van der Waals surface area contributed by atoms with Crippen molar-refractivity contribution in [3.8, 4) is 34.3 Å². The molecule has 0 fully saturated rings. The molecule has 0 aliphatic rings. The van der Waals surface area contributed by atoms with E-state index < -0.39 is 17.7 Å². The number of fused-ring (bicyclic) bond motifs is 1. The molecule has 11 heteroatoms. The predicted molar refractivity (Wildman–Crippen MR) is 139 cm³/mol. The van der Waals surface area contributed by atoms with Gasteiger partial charge in [0.15, 0.2) is 23.0 Å². The first-order valence-electron chi connectivity index (χ1n) is 11.5. The van der Waals surface area contributed by atoms with Gasteiger partial charge in [0, 0.05) is 11.1 Å². The zero-order valence-electron chi connectivity index (χ0n) is 22.2. The summed E-state index contributed by atoms with van der Waals surface area (Å²) in [5, 5.41) is 0. The predicted octanol–water partition coefficient (Wildman–Crippen LogP) is 3.84. The topological polar surface area (TPSA) is 124 Å². The van der Waals surface area contributed by atoms with Crippen LogP contribution >= 0.6 is 0 Å². The lowest BCUT2D eigenvalue weighted by molar-refractivity contribution is 0.0556. The number of nitrogens with zero attached hydrogens (tertiary/aromatic N) is 2. The van der Waals surface area contributed by atoms with Crippen LogP contribution in [0.2, 0.25) is 0 Å². The van der Waals surface area contributed by atoms with Crippen LogP contribution in [-0.2, 0) is 9.47 Å². The number of esters is 2. The van der Waals surface area contributed by atoms with E-state index in [4.69, 9.17) is 28.4 Å². The lowest BCUT2D eigenvalue weighted by atomic mass is 10.0. The maximum absolute atomic E-state index is 13.9. The van der Waals surface area contributed by atoms with Crippen molar-refractivity contribution in [1.82, 2.24) is 9.38 Å². The summed E-state index contributed by atoms with van der Waals surface area (Å²) in [6.45, 7) is 0. The first-order chi connectivity index (χ1) is 18.8. The van der Waals surface area contributed by atoms with Crippen LogP contribution in [0.1, 0.15) is 36.8 Å². The quantitative estimate of drug-likeness (QED) is 0.231. The van der Waals surface area contributed by atoms with Gasteiger partial charge < -0.3 is 28.4 Å². The fraction of sp³-hybridized carbons (Fsp3) is 0.214. The van der Waals surface area contributed by atoms with E-state index in [9.17, 15) is 14.4 Å². The summed E-state index contributed by atoms with van der Waals surface area (Å²) < 4.78 is 32.6. The Kier molecular flexibility index (Phi) is 7.70. The average molecular weight is 535 g/mol. The number of hydrogen-bond acceptors (Lipinski definition) is 10. The zero-order chi connectivity index (χ0) is 28.3. The fourth-order valence-electron chi connectivity index (χ4n) is 4.26. The summed E-state index contributed by atoms with van der Waals surface area (Å²) in [4.78, 5) is 44.4. The van der Waals surface area contributed by atoms with Crippen molar-refractivity contribution >= 4 is 23.2 Å². The second-order valence-electron chi connectivity index (χ2n) is 8.08. The molecule has 39 heavy (non-hydrogen) atoms. The summed E-state index contributed by atoms with van der Waals surface area (Å²) in [5.41, 5.74) is 0.944. The normalized spacial score (nSPS) is 10.6. The average Bonchev–Trinajstić information content (AvgIpc) is 3.33. The number of carbonyl (C=O) groups is 3. The lowest BCUT2D eigenvalue weighted by Crippen LogP contribution is -2.15. The molecule has 0 saturated carbocycles. The number of hydrogen-bond donors (Lipinski definition) is 0. The Morgan fingerprint density at radius 2 is 1.23 bits per heavy atom. The van der Waals surface area contributed by atoms with Crippen LogP contribution in [0, 0.1) is 0 Å². The fourth-order valence-corrected chi connectivity index (χ4v) is 4.26. The van der Waals surface area contributed by atoms with Crippen molar-refractivity contribution in [2.24, 2.45) is 0 Å². The molecule has 2 aromatic heterocycles. The van der Waals surface area contributed by atoms with Gasteiger partial charge in [-0.1, -0.05) is 0 Å². The van der Waals surface area contributed by atoms with E-state index in [0.29, 0.717) is 34.3 Å². The molecule has 2 aromatic carbocycles. The minimum absolute atomic E-state index is 0.129. The number of carbonyl (C=O) groups excluding carboxylic acids is 3. The van der Waals surface area contributed by atoms with Crippen molar-refractivity contribution < 1.29 is 42.8 Å². The van der Waals surface area contributed by atoms with E-state index in [1.807, 2.05) is 0 Å². The molecular formula is C28H26N2O9. The van der Waals surface area contributed by atoms with Gasteiger partial charge >= 0.3 is 11.9 Å². The van der Waals surface area contributed by atoms with Crippen LogP contribution in [0.25, 0.3) is 16.8 Å². The number of benzene rings is 2. The Morgan fingerprint density at radius 1 is 0.667 bits per heavy atom. The molecule has 202 valence electrons. The van der Waals surface area contributed by atoms with Gasteiger partial charge in [-0.2, -0.15) is 0 Å². The van der Waals surface area contributed by atoms with E-state index in [2.05, 4.69) is 4.98 Å². The van der Waals surface area contributed by atoms with Gasteiger partial charge in [0.05, 0.1) is 53.9 Å². The molecule has 4 aromatic rings. The summed E-state index contributed by atoms with van der Waals surface area (Å²) in [5.74, 6) is -0.582. The van der Waals surface area contributed by atoms with Crippen LogP contribution in [0.3, 0.4) is 0 Å². The third kappa shape index (κ3) is 4.70. The molecule has 0 amide bonds. The molecule has 11 nitrogen and oxygen atoms in total. The number of rotatable bonds is 9. The van der Waals surface area contributed by atoms with Crippen LogP contribution in [0.15, 0.2) is 48.8 Å². The van der Waals surface area contributed by atoms with E-state index in [0.717, 1.165) is 7.11 Å². The maximum Gasteiger partial charge on any atom is 0.341 e. The smallest absolute Gasteiger partial charge is 0.341 e. The Bertz CT molecular complexity index is 1590. The molecule has 0 aliphatic heterocycles. The Labute approximate surface area is 223 Å². The molecule has 0 N–H and O–H groups in total. The van der Waals surface area contributed by atoms with Crippen LogP contribution in [-0.4, -0.2) is 69.8 Å². The largest absolute Gasteiger partial charge is 0.493 e. The van der Waals surface area contributed by atoms with E-state index >= 15 is 0 Å². The van der Waals surface area contributed by atoms with Gasteiger partial charge in [0.2, 0.25) is 5.78 Å². The highest BCUT2D eigenvalue weighted by molar-refractivity contribution is 6.20. The molecule has 0 radical (unpaired) electrons. The van der Waals surface area contributed by atoms with Gasteiger partial charge in [-0.25, -0.2) is 14.6 Å². The Balaban J connectivity index is 2.01. The summed E-state index contributed by atoms with van der Waals surface area (Å²) in [6.07, 6.45) is 1.36. The second kappa shape index (κ2) is 11.1. The highest BCUT2D eigenvalue weighted by atomic mass is 16.5. The standard InChI is InChI=1S/C28H26N2O9/c1-34-19-9-7-15(11-21(19)36-3)17-13-18-23(27(32)38-5)24(28(33)39-6)25(30(18)14-29-17)26(31)16-8-10-20(35-2)22(12-16)37-4/h7-14H,1-6H3. The minimum Gasteiger partial charge on any atom is -0.493 e. The number of methoxy groups -OCH3 is 6. The van der Waals surface area contributed by atoms with Crippen LogP contribution in [0.4, 0.5) is 0 Å². The van der Waals surface area contributed by atoms with Gasteiger partial charge in [-0.05, 0) is 42.5 Å². The first-order valence-corrected chi connectivity index (χ1v) is 11.5. The van der Waals surface area contributed by atoms with Crippen LogP contribution in [0.5, 0.6) is 23.0 Å². The Morgan fingerprint density at radius 3 is 1.82 bits per heavy atom. The SMILES string of the molecule is COC(=O)c1c(C(=O)OC)c2cc(-c3ccc(OC)c(OC)c3)ncn2c1C(=O)c1ccc(OC)c(OC)c1. The molecular weight excluding hydrogens is 508 g/mol. The third-order valence-corrected chi connectivity index (χ3v) is 6.15. The van der Waals surface area contributed by atoms with Crippen molar-refractivity contribution in [3.63, 3.8) is 0 Å². The van der Waals surface area contributed by atoms with Crippen molar-refractivity contribution in [3.05, 3.63) is 71.2 Å². The molecule has 0 aliphatic carbocycles. The molecule has 0 bridgehead atoms. The van der Waals surface area contributed by atoms with E-state index in [-0.39, 0.29) is 27.9 Å². The highest BCUT2D eigenvalue weighted by Gasteiger charge is 2.34.